The van der Waals surface area contributed by atoms with Crippen LogP contribution in [0.4, 0.5) is 8.78 Å². The number of benzene rings is 1. The van der Waals surface area contributed by atoms with Gasteiger partial charge < -0.3 is 0 Å². The van der Waals surface area contributed by atoms with E-state index in [0.717, 1.165) is 18.2 Å². The Kier molecular flexibility index (Phi) is 3.92. The van der Waals surface area contributed by atoms with E-state index in [0.29, 0.717) is 6.42 Å². The molecule has 2 unspecified atom stereocenters. The summed E-state index contributed by atoms with van der Waals surface area (Å²) in [6.45, 7) is 1.67. The van der Waals surface area contributed by atoms with Gasteiger partial charge in [0.2, 0.25) is 0 Å². The van der Waals surface area contributed by atoms with E-state index >= 15 is 0 Å². The third-order valence-electron chi connectivity index (χ3n) is 1.88. The summed E-state index contributed by atoms with van der Waals surface area (Å²) in [5.41, 5.74) is 0. The Hall–Kier alpha value is -1.28. The molecule has 2 atom stereocenters. The number of nitrogens with zero attached hydrogens (tertiary/aromatic N) is 1. The predicted molar refractivity (Wildman–Crippen MR) is 52.5 cm³/mol. The predicted octanol–water partition coefficient (Wildman–Crippen LogP) is 2.37. The Bertz CT molecular complexity index is 428. The molecule has 0 heterocycles. The lowest BCUT2D eigenvalue weighted by Crippen LogP contribution is -2.13. The van der Waals surface area contributed by atoms with Gasteiger partial charge in [-0.1, -0.05) is 6.92 Å². The molecule has 0 amide bonds. The lowest BCUT2D eigenvalue weighted by molar-refractivity contribution is 0.571. The lowest BCUT2D eigenvalue weighted by Gasteiger charge is -2.07. The van der Waals surface area contributed by atoms with Crippen LogP contribution in [0.1, 0.15) is 13.3 Å². The van der Waals surface area contributed by atoms with Gasteiger partial charge in [-0.2, -0.15) is 5.26 Å². The highest BCUT2D eigenvalue weighted by atomic mass is 32.2. The van der Waals surface area contributed by atoms with Crippen molar-refractivity contribution in [1.82, 2.24) is 0 Å². The molecule has 0 saturated heterocycles. The van der Waals surface area contributed by atoms with E-state index in [-0.39, 0.29) is 4.90 Å². The molecule has 0 bridgehead atoms. The molecule has 80 valence electrons. The Morgan fingerprint density at radius 3 is 2.73 bits per heavy atom. The Morgan fingerprint density at radius 1 is 1.53 bits per heavy atom. The van der Waals surface area contributed by atoms with Crippen LogP contribution in [0.25, 0.3) is 0 Å². The van der Waals surface area contributed by atoms with Crippen molar-refractivity contribution in [3.8, 4) is 6.07 Å². The number of nitriles is 1. The SMILES string of the molecule is CCC(C#N)S(=O)c1cc(F)ccc1F. The summed E-state index contributed by atoms with van der Waals surface area (Å²) in [4.78, 5) is -0.247. The average molecular weight is 229 g/mol. The number of halogens is 2. The van der Waals surface area contributed by atoms with Crippen molar-refractivity contribution in [3.63, 3.8) is 0 Å². The lowest BCUT2D eigenvalue weighted by atomic mass is 10.3. The summed E-state index contributed by atoms with van der Waals surface area (Å²) in [5.74, 6) is -1.41. The second kappa shape index (κ2) is 4.99. The molecular weight excluding hydrogens is 220 g/mol. The molecule has 0 radical (unpaired) electrons. The Balaban J connectivity index is 3.11. The molecule has 1 aromatic rings. The van der Waals surface area contributed by atoms with E-state index in [1.165, 1.54) is 0 Å². The molecule has 0 saturated carbocycles. The summed E-state index contributed by atoms with van der Waals surface area (Å²) in [7, 11) is -1.82. The molecule has 1 rings (SSSR count). The van der Waals surface area contributed by atoms with Crippen LogP contribution >= 0.6 is 0 Å². The Morgan fingerprint density at radius 2 is 2.20 bits per heavy atom. The van der Waals surface area contributed by atoms with E-state index in [1.54, 1.807) is 6.92 Å². The van der Waals surface area contributed by atoms with E-state index in [1.807, 2.05) is 6.07 Å². The molecule has 0 spiro atoms. The van der Waals surface area contributed by atoms with Gasteiger partial charge in [-0.15, -0.1) is 0 Å². The van der Waals surface area contributed by atoms with E-state index in [4.69, 9.17) is 5.26 Å². The molecular formula is C10H9F2NOS. The van der Waals surface area contributed by atoms with Gasteiger partial charge in [-0.3, -0.25) is 4.21 Å². The topological polar surface area (TPSA) is 40.9 Å². The minimum absolute atomic E-state index is 0.247. The first-order chi connectivity index (χ1) is 7.10. The zero-order valence-electron chi connectivity index (χ0n) is 8.04. The first-order valence-electron chi connectivity index (χ1n) is 4.35. The van der Waals surface area contributed by atoms with Crippen LogP contribution in [0.15, 0.2) is 23.1 Å². The fourth-order valence-electron chi connectivity index (χ4n) is 1.08. The van der Waals surface area contributed by atoms with Crippen molar-refractivity contribution in [2.75, 3.05) is 0 Å². The number of hydrogen-bond acceptors (Lipinski definition) is 2. The molecule has 0 aliphatic heterocycles. The second-order valence-corrected chi connectivity index (χ2v) is 4.50. The van der Waals surface area contributed by atoms with Gasteiger partial charge >= 0.3 is 0 Å². The fourth-order valence-corrected chi connectivity index (χ4v) is 2.27. The van der Waals surface area contributed by atoms with Crippen molar-refractivity contribution in [2.45, 2.75) is 23.5 Å². The monoisotopic (exact) mass is 229 g/mol. The number of rotatable bonds is 3. The highest BCUT2D eigenvalue weighted by molar-refractivity contribution is 7.86. The zero-order valence-corrected chi connectivity index (χ0v) is 8.85. The van der Waals surface area contributed by atoms with Gasteiger partial charge in [0.05, 0.1) is 21.8 Å². The van der Waals surface area contributed by atoms with Crippen molar-refractivity contribution in [2.24, 2.45) is 0 Å². The maximum absolute atomic E-state index is 13.2. The van der Waals surface area contributed by atoms with E-state index in [2.05, 4.69) is 0 Å². The smallest absolute Gasteiger partial charge is 0.139 e. The molecule has 2 nitrogen and oxygen atoms in total. The average Bonchev–Trinajstić information content (AvgIpc) is 2.23. The molecule has 0 aliphatic rings. The van der Waals surface area contributed by atoms with E-state index in [9.17, 15) is 13.0 Å². The van der Waals surface area contributed by atoms with Crippen LogP contribution in [0, 0.1) is 23.0 Å². The second-order valence-electron chi connectivity index (χ2n) is 2.90. The van der Waals surface area contributed by atoms with Gasteiger partial charge in [0.1, 0.15) is 16.9 Å². The van der Waals surface area contributed by atoms with Gasteiger partial charge in [0.25, 0.3) is 0 Å². The molecule has 0 fully saturated rings. The van der Waals surface area contributed by atoms with Crippen LogP contribution in [0.3, 0.4) is 0 Å². The molecule has 1 aromatic carbocycles. The summed E-state index contributed by atoms with van der Waals surface area (Å²) >= 11 is 0. The molecule has 0 aliphatic carbocycles. The maximum atomic E-state index is 13.2. The molecule has 5 heteroatoms. The van der Waals surface area contributed by atoms with Crippen LogP contribution in [0.5, 0.6) is 0 Å². The first kappa shape index (κ1) is 11.8. The van der Waals surface area contributed by atoms with Crippen LogP contribution in [-0.2, 0) is 10.8 Å². The highest BCUT2D eigenvalue weighted by Crippen LogP contribution is 2.18. The number of hydrogen-bond donors (Lipinski definition) is 0. The van der Waals surface area contributed by atoms with Gasteiger partial charge in [0, 0.05) is 0 Å². The third-order valence-corrected chi connectivity index (χ3v) is 3.59. The third kappa shape index (κ3) is 2.60. The first-order valence-corrected chi connectivity index (χ1v) is 5.56. The van der Waals surface area contributed by atoms with Crippen LogP contribution in [0.2, 0.25) is 0 Å². The fraction of sp³-hybridized carbons (Fsp3) is 0.300. The van der Waals surface area contributed by atoms with Crippen molar-refractivity contribution in [1.29, 1.82) is 5.26 Å². The maximum Gasteiger partial charge on any atom is 0.139 e. The standard InChI is InChI=1S/C10H9F2NOS/c1-2-8(6-13)15(14)10-5-7(11)3-4-9(10)12/h3-5,8H,2H2,1H3. The van der Waals surface area contributed by atoms with E-state index < -0.39 is 27.7 Å². The largest absolute Gasteiger partial charge is 0.253 e. The van der Waals surface area contributed by atoms with Gasteiger partial charge in [0.15, 0.2) is 0 Å². The molecule has 15 heavy (non-hydrogen) atoms. The quantitative estimate of drug-likeness (QED) is 0.798. The van der Waals surface area contributed by atoms with Crippen LogP contribution in [-0.4, -0.2) is 9.46 Å². The normalized spacial score (nSPS) is 14.3. The molecule has 0 aromatic heterocycles. The van der Waals surface area contributed by atoms with Crippen molar-refractivity contribution < 1.29 is 13.0 Å². The van der Waals surface area contributed by atoms with Crippen LogP contribution < -0.4 is 0 Å². The summed E-state index contributed by atoms with van der Waals surface area (Å²) in [6, 6.07) is 4.53. The van der Waals surface area contributed by atoms with Gasteiger partial charge in [-0.05, 0) is 24.6 Å². The summed E-state index contributed by atoms with van der Waals surface area (Å²) in [6.07, 6.45) is 0.332. The van der Waals surface area contributed by atoms with Crippen molar-refractivity contribution in [3.05, 3.63) is 29.8 Å². The molecule has 0 N–H and O–H groups in total. The Labute approximate surface area is 89.0 Å². The van der Waals surface area contributed by atoms with Crippen molar-refractivity contribution >= 4 is 10.8 Å². The van der Waals surface area contributed by atoms with Gasteiger partial charge in [-0.25, -0.2) is 8.78 Å². The zero-order chi connectivity index (χ0) is 11.4. The summed E-state index contributed by atoms with van der Waals surface area (Å²) in [5, 5.41) is 7.85. The minimum atomic E-state index is -1.82. The highest BCUT2D eigenvalue weighted by Gasteiger charge is 2.19. The minimum Gasteiger partial charge on any atom is -0.253 e. The summed E-state index contributed by atoms with van der Waals surface area (Å²) < 4.78 is 37.6.